The molecule has 2 unspecified atom stereocenters. The molecule has 1 fully saturated rings. The number of hydrogen-bond donors (Lipinski definition) is 1. The van der Waals surface area contributed by atoms with Gasteiger partial charge in [0.25, 0.3) is 0 Å². The monoisotopic (exact) mass is 289 g/mol. The third-order valence-electron chi connectivity index (χ3n) is 4.78. The zero-order valence-corrected chi connectivity index (χ0v) is 13.9. The summed E-state index contributed by atoms with van der Waals surface area (Å²) >= 11 is 0. The molecule has 1 aliphatic carbocycles. The van der Waals surface area contributed by atoms with Crippen LogP contribution in [0.1, 0.15) is 50.2 Å². The first-order valence-corrected chi connectivity index (χ1v) is 8.59. The van der Waals surface area contributed by atoms with Crippen molar-refractivity contribution in [2.45, 2.75) is 64.5 Å². The highest BCUT2D eigenvalue weighted by Gasteiger charge is 2.30. The van der Waals surface area contributed by atoms with Crippen molar-refractivity contribution in [3.63, 3.8) is 0 Å². The molecule has 0 aromatic heterocycles. The Hall–Kier alpha value is -0.860. The third kappa shape index (κ3) is 4.82. The van der Waals surface area contributed by atoms with Gasteiger partial charge in [0.2, 0.25) is 0 Å². The summed E-state index contributed by atoms with van der Waals surface area (Å²) in [6.07, 6.45) is 8.20. The van der Waals surface area contributed by atoms with E-state index in [-0.39, 0.29) is 0 Å². The predicted molar refractivity (Wildman–Crippen MR) is 89.7 cm³/mol. The van der Waals surface area contributed by atoms with Gasteiger partial charge in [0.15, 0.2) is 0 Å². The van der Waals surface area contributed by atoms with Gasteiger partial charge < -0.3 is 10.1 Å². The van der Waals surface area contributed by atoms with E-state index in [0.717, 1.165) is 18.9 Å². The molecule has 1 N–H and O–H groups in total. The van der Waals surface area contributed by atoms with Gasteiger partial charge in [-0.1, -0.05) is 49.1 Å². The minimum absolute atomic E-state index is 0.348. The first kappa shape index (κ1) is 16.5. The summed E-state index contributed by atoms with van der Waals surface area (Å²) in [5.74, 6) is 0.723. The molecular formula is C19H31NO. The normalized spacial score (nSPS) is 19.4. The smallest absolute Gasteiger partial charge is 0.0759 e. The molecule has 2 nitrogen and oxygen atoms in total. The molecule has 2 atom stereocenters. The molecule has 1 saturated carbocycles. The standard InChI is InChI=1S/C19H31NO/c1-4-21-19(17-11-6-5-7-12-17)18(20-3)14-16-10-8-9-15(2)13-16/h8-10,13,17-20H,4-7,11-12,14H2,1-3H3. The molecule has 21 heavy (non-hydrogen) atoms. The fourth-order valence-corrected chi connectivity index (χ4v) is 3.71. The lowest BCUT2D eigenvalue weighted by Gasteiger charge is -2.35. The lowest BCUT2D eigenvalue weighted by atomic mass is 9.81. The molecule has 0 spiro atoms. The number of aryl methyl sites for hydroxylation is 1. The van der Waals surface area contributed by atoms with E-state index in [2.05, 4.69) is 50.5 Å². The maximum absolute atomic E-state index is 6.17. The van der Waals surface area contributed by atoms with Crippen LogP contribution in [0.5, 0.6) is 0 Å². The number of hydrogen-bond acceptors (Lipinski definition) is 2. The molecule has 0 saturated heterocycles. The van der Waals surface area contributed by atoms with Gasteiger partial charge in [-0.3, -0.25) is 0 Å². The quantitative estimate of drug-likeness (QED) is 0.815. The second-order valence-corrected chi connectivity index (χ2v) is 6.41. The van der Waals surface area contributed by atoms with Crippen molar-refractivity contribution < 1.29 is 4.74 Å². The Morgan fingerprint density at radius 1 is 1.24 bits per heavy atom. The van der Waals surface area contributed by atoms with Crippen LogP contribution in [-0.4, -0.2) is 25.8 Å². The number of rotatable bonds is 7. The molecule has 1 aliphatic rings. The summed E-state index contributed by atoms with van der Waals surface area (Å²) in [6, 6.07) is 9.28. The van der Waals surface area contributed by atoms with E-state index in [9.17, 15) is 0 Å². The molecular weight excluding hydrogens is 258 g/mol. The van der Waals surface area contributed by atoms with Gasteiger partial charge in [-0.2, -0.15) is 0 Å². The topological polar surface area (TPSA) is 21.3 Å². The van der Waals surface area contributed by atoms with Crippen LogP contribution in [0.3, 0.4) is 0 Å². The van der Waals surface area contributed by atoms with Gasteiger partial charge in [-0.15, -0.1) is 0 Å². The lowest BCUT2D eigenvalue weighted by molar-refractivity contribution is -0.0159. The molecule has 0 heterocycles. The SMILES string of the molecule is CCOC(C1CCCCC1)C(Cc1cccc(C)c1)NC. The highest BCUT2D eigenvalue weighted by Crippen LogP contribution is 2.30. The van der Waals surface area contributed by atoms with Gasteiger partial charge in [-0.25, -0.2) is 0 Å². The number of ether oxygens (including phenoxy) is 1. The first-order chi connectivity index (χ1) is 10.2. The molecule has 0 aliphatic heterocycles. The Labute approximate surface area is 130 Å². The lowest BCUT2D eigenvalue weighted by Crippen LogP contribution is -2.46. The van der Waals surface area contributed by atoms with Crippen LogP contribution in [0.4, 0.5) is 0 Å². The number of nitrogens with one attached hydrogen (secondary N) is 1. The summed E-state index contributed by atoms with van der Waals surface area (Å²) < 4.78 is 6.17. The van der Waals surface area contributed by atoms with Crippen LogP contribution in [0.2, 0.25) is 0 Å². The van der Waals surface area contributed by atoms with Gasteiger partial charge in [-0.05, 0) is 51.6 Å². The van der Waals surface area contributed by atoms with Crippen molar-refractivity contribution in [3.8, 4) is 0 Å². The summed E-state index contributed by atoms with van der Waals surface area (Å²) in [5.41, 5.74) is 2.75. The molecule has 0 radical (unpaired) electrons. The van der Waals surface area contributed by atoms with Gasteiger partial charge in [0, 0.05) is 12.6 Å². The zero-order chi connectivity index (χ0) is 15.1. The van der Waals surface area contributed by atoms with Crippen molar-refractivity contribution in [2.24, 2.45) is 5.92 Å². The summed E-state index contributed by atoms with van der Waals surface area (Å²) in [4.78, 5) is 0. The Balaban J connectivity index is 2.07. The van der Waals surface area contributed by atoms with Crippen LogP contribution in [0.15, 0.2) is 24.3 Å². The van der Waals surface area contributed by atoms with Gasteiger partial charge in [0.1, 0.15) is 0 Å². The highest BCUT2D eigenvalue weighted by molar-refractivity contribution is 5.23. The predicted octanol–water partition coefficient (Wildman–Crippen LogP) is 4.11. The molecule has 1 aromatic carbocycles. The molecule has 0 amide bonds. The van der Waals surface area contributed by atoms with Crippen molar-refractivity contribution in [3.05, 3.63) is 35.4 Å². The third-order valence-corrected chi connectivity index (χ3v) is 4.78. The van der Waals surface area contributed by atoms with Crippen molar-refractivity contribution >= 4 is 0 Å². The molecule has 2 heteroatoms. The fourth-order valence-electron chi connectivity index (χ4n) is 3.71. The maximum atomic E-state index is 6.17. The van der Waals surface area contributed by atoms with E-state index in [4.69, 9.17) is 4.74 Å². The van der Waals surface area contributed by atoms with Gasteiger partial charge in [0.05, 0.1) is 6.10 Å². The van der Waals surface area contributed by atoms with Crippen LogP contribution >= 0.6 is 0 Å². The van der Waals surface area contributed by atoms with E-state index in [0.29, 0.717) is 12.1 Å². The molecule has 2 rings (SSSR count). The number of benzene rings is 1. The zero-order valence-electron chi connectivity index (χ0n) is 13.9. The van der Waals surface area contributed by atoms with Gasteiger partial charge >= 0.3 is 0 Å². The Kier molecular flexibility index (Phi) is 6.72. The average molecular weight is 289 g/mol. The van der Waals surface area contributed by atoms with Crippen LogP contribution in [0.25, 0.3) is 0 Å². The van der Waals surface area contributed by atoms with E-state index < -0.39 is 0 Å². The minimum Gasteiger partial charge on any atom is -0.377 e. The largest absolute Gasteiger partial charge is 0.377 e. The number of likely N-dealkylation sites (N-methyl/N-ethyl adjacent to an activating group) is 1. The van der Waals surface area contributed by atoms with Crippen LogP contribution < -0.4 is 5.32 Å². The fraction of sp³-hybridized carbons (Fsp3) is 0.684. The Morgan fingerprint density at radius 3 is 2.62 bits per heavy atom. The van der Waals surface area contributed by atoms with Crippen LogP contribution in [-0.2, 0) is 11.2 Å². The summed E-state index contributed by atoms with van der Waals surface area (Å²) in [5, 5.41) is 3.53. The maximum Gasteiger partial charge on any atom is 0.0759 e. The molecule has 0 bridgehead atoms. The van der Waals surface area contributed by atoms with Crippen molar-refractivity contribution in [1.29, 1.82) is 0 Å². The van der Waals surface area contributed by atoms with E-state index >= 15 is 0 Å². The second-order valence-electron chi connectivity index (χ2n) is 6.41. The van der Waals surface area contributed by atoms with E-state index in [1.807, 2.05) is 0 Å². The molecule has 118 valence electrons. The molecule has 1 aromatic rings. The van der Waals surface area contributed by atoms with Crippen molar-refractivity contribution in [2.75, 3.05) is 13.7 Å². The summed E-state index contributed by atoms with van der Waals surface area (Å²) in [7, 11) is 2.08. The van der Waals surface area contributed by atoms with E-state index in [1.54, 1.807) is 0 Å². The Bertz CT molecular complexity index is 412. The Morgan fingerprint density at radius 2 is 2.00 bits per heavy atom. The first-order valence-electron chi connectivity index (χ1n) is 8.59. The highest BCUT2D eigenvalue weighted by atomic mass is 16.5. The van der Waals surface area contributed by atoms with Crippen molar-refractivity contribution in [1.82, 2.24) is 5.32 Å². The minimum atomic E-state index is 0.348. The second kappa shape index (κ2) is 8.55. The van der Waals surface area contributed by atoms with Crippen LogP contribution in [0, 0.1) is 12.8 Å². The summed E-state index contributed by atoms with van der Waals surface area (Å²) in [6.45, 7) is 5.10. The average Bonchev–Trinajstić information content (AvgIpc) is 2.51. The van der Waals surface area contributed by atoms with E-state index in [1.165, 1.54) is 43.2 Å².